The number of fused-ring (bicyclic) bond motifs is 1. The molecule has 0 radical (unpaired) electrons. The van der Waals surface area contributed by atoms with Crippen LogP contribution in [0.1, 0.15) is 43.2 Å². The fraction of sp³-hybridized carbons (Fsp3) is 0.556. The van der Waals surface area contributed by atoms with Crippen molar-refractivity contribution in [1.82, 2.24) is 5.32 Å². The highest BCUT2D eigenvalue weighted by atomic mass is 35.5. The number of hydrogen-bond donors (Lipinski definition) is 3. The van der Waals surface area contributed by atoms with Gasteiger partial charge in [0.25, 0.3) is 0 Å². The van der Waals surface area contributed by atoms with E-state index in [0.717, 1.165) is 43.4 Å². The van der Waals surface area contributed by atoms with E-state index in [1.807, 2.05) is 12.1 Å². The Balaban J connectivity index is 0.00000208. The molecule has 6 heteroatoms. The molecule has 2 unspecified atom stereocenters. The van der Waals surface area contributed by atoms with Crippen molar-refractivity contribution in [2.45, 2.75) is 51.0 Å². The van der Waals surface area contributed by atoms with Gasteiger partial charge in [-0.05, 0) is 55.3 Å². The second-order valence-corrected chi connectivity index (χ2v) is 6.67. The van der Waals surface area contributed by atoms with Crippen LogP contribution >= 0.6 is 12.4 Å². The van der Waals surface area contributed by atoms with Crippen molar-refractivity contribution in [2.24, 2.45) is 11.7 Å². The Hall–Kier alpha value is -1.59. The molecule has 3 rings (SSSR count). The Labute approximate surface area is 149 Å². The molecule has 0 spiro atoms. The van der Waals surface area contributed by atoms with Crippen LogP contribution in [0.4, 0.5) is 5.69 Å². The van der Waals surface area contributed by atoms with Crippen molar-refractivity contribution in [3.8, 4) is 0 Å². The number of carbonyl (C=O) groups excluding carboxylic acids is 2. The first-order valence-corrected chi connectivity index (χ1v) is 8.57. The molecule has 1 aliphatic heterocycles. The van der Waals surface area contributed by atoms with E-state index in [1.54, 1.807) is 0 Å². The van der Waals surface area contributed by atoms with Gasteiger partial charge in [0.05, 0.1) is 6.42 Å². The molecule has 1 heterocycles. The first-order valence-electron chi connectivity index (χ1n) is 8.57. The summed E-state index contributed by atoms with van der Waals surface area (Å²) in [6.45, 7) is 0.660. The van der Waals surface area contributed by atoms with Gasteiger partial charge in [-0.1, -0.05) is 18.6 Å². The van der Waals surface area contributed by atoms with Gasteiger partial charge in [-0.15, -0.1) is 12.4 Å². The molecular weight excluding hydrogens is 326 g/mol. The molecule has 1 saturated carbocycles. The van der Waals surface area contributed by atoms with Gasteiger partial charge in [-0.2, -0.15) is 0 Å². The molecule has 24 heavy (non-hydrogen) atoms. The van der Waals surface area contributed by atoms with Gasteiger partial charge in [-0.3, -0.25) is 9.59 Å². The van der Waals surface area contributed by atoms with Crippen molar-refractivity contribution >= 4 is 29.9 Å². The SMILES string of the molecule is Cl.NCC1CCCC1NC(=O)CCCc1ccc2c(c1)CC(=O)N2. The van der Waals surface area contributed by atoms with Gasteiger partial charge in [-0.25, -0.2) is 0 Å². The average Bonchev–Trinajstić information content (AvgIpc) is 3.11. The van der Waals surface area contributed by atoms with E-state index in [2.05, 4.69) is 16.7 Å². The van der Waals surface area contributed by atoms with Crippen LogP contribution in [0.3, 0.4) is 0 Å². The van der Waals surface area contributed by atoms with Crippen molar-refractivity contribution in [3.63, 3.8) is 0 Å². The summed E-state index contributed by atoms with van der Waals surface area (Å²) in [6, 6.07) is 6.33. The van der Waals surface area contributed by atoms with Crippen LogP contribution in [0.2, 0.25) is 0 Å². The largest absolute Gasteiger partial charge is 0.353 e. The van der Waals surface area contributed by atoms with E-state index in [-0.39, 0.29) is 30.3 Å². The second-order valence-electron chi connectivity index (χ2n) is 6.67. The summed E-state index contributed by atoms with van der Waals surface area (Å²) in [5.41, 5.74) is 8.92. The molecule has 1 fully saturated rings. The van der Waals surface area contributed by atoms with E-state index >= 15 is 0 Å². The monoisotopic (exact) mass is 351 g/mol. The van der Waals surface area contributed by atoms with Crippen LogP contribution in [0.15, 0.2) is 18.2 Å². The molecule has 2 atom stereocenters. The molecule has 2 aliphatic rings. The van der Waals surface area contributed by atoms with Crippen LogP contribution in [-0.2, 0) is 22.4 Å². The third kappa shape index (κ3) is 4.48. The van der Waals surface area contributed by atoms with Crippen LogP contribution in [-0.4, -0.2) is 24.4 Å². The number of halogens is 1. The quantitative estimate of drug-likeness (QED) is 0.734. The van der Waals surface area contributed by atoms with Gasteiger partial charge in [0.2, 0.25) is 11.8 Å². The number of hydrogen-bond acceptors (Lipinski definition) is 3. The van der Waals surface area contributed by atoms with E-state index in [0.29, 0.717) is 25.3 Å². The zero-order valence-corrected chi connectivity index (χ0v) is 14.7. The first-order chi connectivity index (χ1) is 11.2. The minimum Gasteiger partial charge on any atom is -0.353 e. The van der Waals surface area contributed by atoms with Crippen molar-refractivity contribution < 1.29 is 9.59 Å². The summed E-state index contributed by atoms with van der Waals surface area (Å²) in [6.07, 6.45) is 6.04. The number of anilines is 1. The van der Waals surface area contributed by atoms with E-state index in [4.69, 9.17) is 5.73 Å². The van der Waals surface area contributed by atoms with Gasteiger partial charge in [0.15, 0.2) is 0 Å². The Morgan fingerprint density at radius 1 is 1.33 bits per heavy atom. The lowest BCUT2D eigenvalue weighted by Crippen LogP contribution is -2.39. The highest BCUT2D eigenvalue weighted by Crippen LogP contribution is 2.25. The lowest BCUT2D eigenvalue weighted by Gasteiger charge is -2.19. The number of rotatable bonds is 6. The molecule has 1 aromatic carbocycles. The maximum atomic E-state index is 12.1. The predicted octanol–water partition coefficient (Wildman–Crippen LogP) is 2.17. The van der Waals surface area contributed by atoms with Crippen molar-refractivity contribution in [2.75, 3.05) is 11.9 Å². The summed E-state index contributed by atoms with van der Waals surface area (Å²) < 4.78 is 0. The molecule has 0 saturated heterocycles. The number of benzene rings is 1. The second kappa shape index (κ2) is 8.49. The number of carbonyl (C=O) groups is 2. The van der Waals surface area contributed by atoms with Gasteiger partial charge < -0.3 is 16.4 Å². The van der Waals surface area contributed by atoms with Crippen LogP contribution in [0.5, 0.6) is 0 Å². The molecular formula is C18H26ClN3O2. The highest BCUT2D eigenvalue weighted by Gasteiger charge is 2.27. The van der Waals surface area contributed by atoms with Gasteiger partial charge >= 0.3 is 0 Å². The molecule has 1 aromatic rings. The van der Waals surface area contributed by atoms with Gasteiger partial charge in [0.1, 0.15) is 0 Å². The molecule has 1 aliphatic carbocycles. The summed E-state index contributed by atoms with van der Waals surface area (Å²) >= 11 is 0. The van der Waals surface area contributed by atoms with Crippen LogP contribution < -0.4 is 16.4 Å². The lowest BCUT2D eigenvalue weighted by molar-refractivity contribution is -0.122. The van der Waals surface area contributed by atoms with E-state index in [9.17, 15) is 9.59 Å². The highest BCUT2D eigenvalue weighted by molar-refractivity contribution is 5.99. The molecule has 5 nitrogen and oxygen atoms in total. The molecule has 132 valence electrons. The minimum absolute atomic E-state index is 0. The molecule has 0 aromatic heterocycles. The van der Waals surface area contributed by atoms with Crippen LogP contribution in [0.25, 0.3) is 0 Å². The fourth-order valence-electron chi connectivity index (χ4n) is 3.68. The van der Waals surface area contributed by atoms with Crippen LogP contribution in [0, 0.1) is 5.92 Å². The molecule has 0 bridgehead atoms. The summed E-state index contributed by atoms with van der Waals surface area (Å²) in [4.78, 5) is 23.4. The van der Waals surface area contributed by atoms with Gasteiger partial charge in [0, 0.05) is 18.2 Å². The molecule has 2 amide bonds. The Morgan fingerprint density at radius 3 is 2.96 bits per heavy atom. The zero-order chi connectivity index (χ0) is 16.2. The molecule has 4 N–H and O–H groups in total. The Kier molecular flexibility index (Phi) is 6.63. The standard InChI is InChI=1S/C18H25N3O2.ClH/c19-11-13-4-2-5-15(13)20-17(22)6-1-3-12-7-8-16-14(9-12)10-18(23)21-16;/h7-9,13,15H,1-6,10-11,19H2,(H,20,22)(H,21,23);1H. The maximum Gasteiger partial charge on any atom is 0.228 e. The Bertz CT molecular complexity index is 606. The summed E-state index contributed by atoms with van der Waals surface area (Å²) in [7, 11) is 0. The average molecular weight is 352 g/mol. The fourth-order valence-corrected chi connectivity index (χ4v) is 3.68. The first kappa shape index (κ1) is 18.7. The maximum absolute atomic E-state index is 12.1. The normalized spacial score (nSPS) is 21.8. The van der Waals surface area contributed by atoms with Crippen molar-refractivity contribution in [3.05, 3.63) is 29.3 Å². The third-order valence-electron chi connectivity index (χ3n) is 4.97. The number of nitrogens with two attached hydrogens (primary N) is 1. The number of aryl methyl sites for hydroxylation is 1. The smallest absolute Gasteiger partial charge is 0.228 e. The summed E-state index contributed by atoms with van der Waals surface area (Å²) in [5.74, 6) is 0.636. The summed E-state index contributed by atoms with van der Waals surface area (Å²) in [5, 5.41) is 5.98. The van der Waals surface area contributed by atoms with Crippen molar-refractivity contribution in [1.29, 1.82) is 0 Å². The number of nitrogens with one attached hydrogen (secondary N) is 2. The lowest BCUT2D eigenvalue weighted by atomic mass is 10.0. The third-order valence-corrected chi connectivity index (χ3v) is 4.97. The zero-order valence-electron chi connectivity index (χ0n) is 13.8. The predicted molar refractivity (Wildman–Crippen MR) is 97.3 cm³/mol. The topological polar surface area (TPSA) is 84.2 Å². The van der Waals surface area contributed by atoms with E-state index < -0.39 is 0 Å². The minimum atomic E-state index is 0. The number of amides is 2. The Morgan fingerprint density at radius 2 is 2.17 bits per heavy atom. The van der Waals surface area contributed by atoms with E-state index in [1.165, 1.54) is 5.56 Å².